The molecule has 0 amide bonds. The van der Waals surface area contributed by atoms with Gasteiger partial charge in [0.15, 0.2) is 0 Å². The number of methoxy groups -OCH3 is 1. The molecule has 0 saturated carbocycles. The van der Waals surface area contributed by atoms with Crippen molar-refractivity contribution in [3.8, 4) is 17.0 Å². The smallest absolute Gasteiger partial charge is 0.145 e. The Kier molecular flexibility index (Phi) is 5.59. The highest BCUT2D eigenvalue weighted by atomic mass is 35.5. The van der Waals surface area contributed by atoms with Gasteiger partial charge in [0.05, 0.1) is 7.11 Å². The fourth-order valence-corrected chi connectivity index (χ4v) is 2.61. The molecule has 1 unspecified atom stereocenters. The minimum Gasteiger partial charge on any atom is -0.494 e. The fraction of sp³-hybridized carbons (Fsp3) is 0.353. The van der Waals surface area contributed by atoms with Gasteiger partial charge >= 0.3 is 0 Å². The first-order valence-electron chi connectivity index (χ1n) is 7.19. The van der Waals surface area contributed by atoms with Gasteiger partial charge in [0.25, 0.3) is 0 Å². The number of hydrogen-bond donors (Lipinski definition) is 1. The molecule has 0 spiro atoms. The molecular weight excluding hydrogens is 284 g/mol. The molecule has 21 heavy (non-hydrogen) atoms. The van der Waals surface area contributed by atoms with Crippen molar-refractivity contribution in [1.29, 1.82) is 0 Å². The van der Waals surface area contributed by atoms with Crippen molar-refractivity contribution in [3.05, 3.63) is 47.1 Å². The van der Waals surface area contributed by atoms with E-state index in [0.717, 1.165) is 40.6 Å². The van der Waals surface area contributed by atoms with Crippen LogP contribution in [-0.4, -0.2) is 18.6 Å². The van der Waals surface area contributed by atoms with Crippen LogP contribution in [0.15, 0.2) is 36.5 Å². The summed E-state index contributed by atoms with van der Waals surface area (Å²) in [5.74, 6) is 0.749. The summed E-state index contributed by atoms with van der Waals surface area (Å²) in [6, 6.07) is 10.0. The number of aromatic nitrogens is 1. The normalized spacial score (nSPS) is 12.2. The molecular formula is C17H21ClN2O. The lowest BCUT2D eigenvalue weighted by Crippen LogP contribution is -2.19. The van der Waals surface area contributed by atoms with Crippen LogP contribution in [0.2, 0.25) is 5.02 Å². The summed E-state index contributed by atoms with van der Waals surface area (Å²) in [5.41, 5.74) is 2.87. The SMILES string of the molecule is CCCNC(C)c1ccc(-c2ncccc2OC)cc1Cl. The van der Waals surface area contributed by atoms with E-state index in [-0.39, 0.29) is 6.04 Å². The number of nitrogens with one attached hydrogen (secondary N) is 1. The van der Waals surface area contributed by atoms with E-state index in [1.54, 1.807) is 13.3 Å². The van der Waals surface area contributed by atoms with Crippen LogP contribution in [-0.2, 0) is 0 Å². The molecule has 1 heterocycles. The maximum Gasteiger partial charge on any atom is 0.145 e. The maximum atomic E-state index is 6.44. The Hall–Kier alpha value is -1.58. The summed E-state index contributed by atoms with van der Waals surface area (Å²) in [4.78, 5) is 4.39. The first-order valence-corrected chi connectivity index (χ1v) is 7.57. The fourth-order valence-electron chi connectivity index (χ4n) is 2.27. The summed E-state index contributed by atoms with van der Waals surface area (Å²) >= 11 is 6.44. The zero-order chi connectivity index (χ0) is 15.2. The van der Waals surface area contributed by atoms with E-state index in [2.05, 4.69) is 30.2 Å². The molecule has 0 aliphatic carbocycles. The van der Waals surface area contributed by atoms with E-state index >= 15 is 0 Å². The average Bonchev–Trinajstić information content (AvgIpc) is 2.52. The molecule has 2 rings (SSSR count). The van der Waals surface area contributed by atoms with Gasteiger partial charge < -0.3 is 10.1 Å². The molecule has 0 bridgehead atoms. The van der Waals surface area contributed by atoms with Crippen molar-refractivity contribution in [3.63, 3.8) is 0 Å². The number of pyridine rings is 1. The van der Waals surface area contributed by atoms with Gasteiger partial charge in [-0.1, -0.05) is 30.7 Å². The predicted octanol–water partition coefficient (Wildman–Crippen LogP) is 4.47. The third-order valence-corrected chi connectivity index (χ3v) is 3.76. The lowest BCUT2D eigenvalue weighted by molar-refractivity contribution is 0.415. The first-order chi connectivity index (χ1) is 10.2. The number of ether oxygens (including phenoxy) is 1. The van der Waals surface area contributed by atoms with Crippen molar-refractivity contribution < 1.29 is 4.74 Å². The second-order valence-electron chi connectivity index (χ2n) is 4.97. The monoisotopic (exact) mass is 304 g/mol. The van der Waals surface area contributed by atoms with Gasteiger partial charge in [-0.2, -0.15) is 0 Å². The Bertz CT molecular complexity index is 601. The molecule has 1 aromatic carbocycles. The topological polar surface area (TPSA) is 34.2 Å². The van der Waals surface area contributed by atoms with Crippen LogP contribution in [0.25, 0.3) is 11.3 Å². The summed E-state index contributed by atoms with van der Waals surface area (Å²) in [5, 5.41) is 4.19. The third kappa shape index (κ3) is 3.74. The molecule has 1 atom stereocenters. The second kappa shape index (κ2) is 7.43. The van der Waals surface area contributed by atoms with Gasteiger partial charge in [0.2, 0.25) is 0 Å². The van der Waals surface area contributed by atoms with Crippen molar-refractivity contribution in [1.82, 2.24) is 10.3 Å². The Labute approximate surface area is 131 Å². The van der Waals surface area contributed by atoms with E-state index < -0.39 is 0 Å². The number of rotatable bonds is 6. The van der Waals surface area contributed by atoms with Crippen LogP contribution in [0, 0.1) is 0 Å². The van der Waals surface area contributed by atoms with E-state index in [4.69, 9.17) is 16.3 Å². The molecule has 3 nitrogen and oxygen atoms in total. The third-order valence-electron chi connectivity index (χ3n) is 3.43. The van der Waals surface area contributed by atoms with E-state index in [1.165, 1.54) is 0 Å². The van der Waals surface area contributed by atoms with Crippen LogP contribution >= 0.6 is 11.6 Å². The maximum absolute atomic E-state index is 6.44. The summed E-state index contributed by atoms with van der Waals surface area (Å²) < 4.78 is 5.35. The predicted molar refractivity (Wildman–Crippen MR) is 87.9 cm³/mol. The lowest BCUT2D eigenvalue weighted by atomic mass is 10.0. The van der Waals surface area contributed by atoms with Gasteiger partial charge in [0.1, 0.15) is 11.4 Å². The van der Waals surface area contributed by atoms with Crippen LogP contribution in [0.3, 0.4) is 0 Å². The van der Waals surface area contributed by atoms with Gasteiger partial charge in [-0.3, -0.25) is 4.98 Å². The van der Waals surface area contributed by atoms with E-state index in [0.29, 0.717) is 0 Å². The van der Waals surface area contributed by atoms with Crippen molar-refractivity contribution in [2.45, 2.75) is 26.3 Å². The zero-order valence-electron chi connectivity index (χ0n) is 12.7. The summed E-state index contributed by atoms with van der Waals surface area (Å²) in [7, 11) is 1.65. The Morgan fingerprint density at radius 2 is 2.14 bits per heavy atom. The summed E-state index contributed by atoms with van der Waals surface area (Å²) in [6.07, 6.45) is 2.86. The molecule has 0 radical (unpaired) electrons. The van der Waals surface area contributed by atoms with Gasteiger partial charge in [-0.25, -0.2) is 0 Å². The van der Waals surface area contributed by atoms with Crippen molar-refractivity contribution in [2.24, 2.45) is 0 Å². The number of halogens is 1. The standard InChI is InChI=1S/C17H21ClN2O/c1-4-9-19-12(2)14-8-7-13(11-15(14)18)17-16(21-3)6-5-10-20-17/h5-8,10-12,19H,4,9H2,1-3H3. The van der Waals surface area contributed by atoms with Crippen LogP contribution in [0.1, 0.15) is 31.9 Å². The van der Waals surface area contributed by atoms with Gasteiger partial charge in [-0.15, -0.1) is 0 Å². The Balaban J connectivity index is 2.30. The molecule has 0 aliphatic rings. The second-order valence-corrected chi connectivity index (χ2v) is 5.37. The minimum absolute atomic E-state index is 0.233. The minimum atomic E-state index is 0.233. The largest absolute Gasteiger partial charge is 0.494 e. The zero-order valence-corrected chi connectivity index (χ0v) is 13.4. The first kappa shape index (κ1) is 15.8. The van der Waals surface area contributed by atoms with Crippen LogP contribution in [0.5, 0.6) is 5.75 Å². The molecule has 0 fully saturated rings. The highest BCUT2D eigenvalue weighted by molar-refractivity contribution is 6.31. The van der Waals surface area contributed by atoms with Gasteiger partial charge in [0, 0.05) is 22.8 Å². The highest BCUT2D eigenvalue weighted by Crippen LogP contribution is 2.32. The number of hydrogen-bond acceptors (Lipinski definition) is 3. The molecule has 1 aromatic heterocycles. The van der Waals surface area contributed by atoms with Crippen molar-refractivity contribution in [2.75, 3.05) is 13.7 Å². The van der Waals surface area contributed by atoms with E-state index in [9.17, 15) is 0 Å². The Morgan fingerprint density at radius 3 is 2.81 bits per heavy atom. The highest BCUT2D eigenvalue weighted by Gasteiger charge is 2.12. The molecule has 1 N–H and O–H groups in total. The van der Waals surface area contributed by atoms with Crippen molar-refractivity contribution >= 4 is 11.6 Å². The van der Waals surface area contributed by atoms with Crippen LogP contribution < -0.4 is 10.1 Å². The number of nitrogens with zero attached hydrogens (tertiary/aromatic N) is 1. The number of benzene rings is 1. The molecule has 0 aliphatic heterocycles. The molecule has 0 saturated heterocycles. The molecule has 4 heteroatoms. The molecule has 112 valence electrons. The lowest BCUT2D eigenvalue weighted by Gasteiger charge is -2.16. The average molecular weight is 305 g/mol. The van der Waals surface area contributed by atoms with Gasteiger partial charge in [-0.05, 0) is 43.7 Å². The Morgan fingerprint density at radius 1 is 1.33 bits per heavy atom. The quantitative estimate of drug-likeness (QED) is 0.855. The molecule has 2 aromatic rings. The van der Waals surface area contributed by atoms with Crippen LogP contribution in [0.4, 0.5) is 0 Å². The van der Waals surface area contributed by atoms with E-state index in [1.807, 2.05) is 24.3 Å². The summed E-state index contributed by atoms with van der Waals surface area (Å²) in [6.45, 7) is 5.25.